The van der Waals surface area contributed by atoms with Crippen molar-refractivity contribution in [1.29, 1.82) is 0 Å². The molecule has 1 N–H and O–H groups in total. The van der Waals surface area contributed by atoms with Crippen LogP contribution in [0.1, 0.15) is 33.6 Å². The minimum absolute atomic E-state index is 0.140. The molecule has 0 amide bonds. The maximum absolute atomic E-state index is 12.8. The van der Waals surface area contributed by atoms with Crippen LogP contribution in [0.5, 0.6) is 5.75 Å². The average Bonchev–Trinajstić information content (AvgIpc) is 3.37. The quantitative estimate of drug-likeness (QED) is 0.437. The number of ether oxygens (including phenoxy) is 3. The number of benzene rings is 1. The van der Waals surface area contributed by atoms with Gasteiger partial charge in [-0.1, -0.05) is 0 Å². The molecule has 1 aromatic carbocycles. The number of carbonyl (C=O) groups excluding carboxylic acids is 2. The first-order chi connectivity index (χ1) is 14.8. The van der Waals surface area contributed by atoms with Gasteiger partial charge in [-0.2, -0.15) is 0 Å². The lowest BCUT2D eigenvalue weighted by Crippen LogP contribution is -2.45. The summed E-state index contributed by atoms with van der Waals surface area (Å²) in [7, 11) is 1.55. The van der Waals surface area contributed by atoms with Crippen molar-refractivity contribution in [3.63, 3.8) is 0 Å². The Hall–Kier alpha value is -3.49. The van der Waals surface area contributed by atoms with Gasteiger partial charge in [0.15, 0.2) is 17.7 Å². The Morgan fingerprint density at radius 1 is 1.26 bits per heavy atom. The highest BCUT2D eigenvalue weighted by Crippen LogP contribution is 2.35. The van der Waals surface area contributed by atoms with Gasteiger partial charge in [0.1, 0.15) is 11.6 Å². The van der Waals surface area contributed by atoms with Crippen LogP contribution < -0.4 is 10.1 Å². The van der Waals surface area contributed by atoms with Gasteiger partial charge >= 0.3 is 11.9 Å². The minimum atomic E-state index is -1.30. The molecule has 2 saturated heterocycles. The van der Waals surface area contributed by atoms with Gasteiger partial charge in [-0.15, -0.1) is 0 Å². The number of oxazole rings is 1. The van der Waals surface area contributed by atoms with E-state index in [0.29, 0.717) is 29.6 Å². The molecule has 0 unspecified atom stereocenters. The molecule has 9 nitrogen and oxygen atoms in total. The first-order valence-corrected chi connectivity index (χ1v) is 10.1. The van der Waals surface area contributed by atoms with E-state index in [9.17, 15) is 9.59 Å². The van der Waals surface area contributed by atoms with E-state index in [1.54, 1.807) is 19.4 Å². The van der Waals surface area contributed by atoms with Crippen molar-refractivity contribution in [1.82, 2.24) is 9.88 Å². The summed E-state index contributed by atoms with van der Waals surface area (Å²) in [5.41, 5.74) is 1.21. The first kappa shape index (κ1) is 20.8. The molecule has 0 spiro atoms. The minimum Gasteiger partial charge on any atom is -0.496 e. The van der Waals surface area contributed by atoms with Gasteiger partial charge in [-0.25, -0.2) is 14.6 Å². The maximum atomic E-state index is 12.8. The van der Waals surface area contributed by atoms with Crippen LogP contribution in [0.4, 0.5) is 5.69 Å². The fourth-order valence-electron chi connectivity index (χ4n) is 3.85. The van der Waals surface area contributed by atoms with Crippen LogP contribution in [-0.4, -0.2) is 47.3 Å². The number of carbonyl (C=O) groups is 2. The van der Waals surface area contributed by atoms with Crippen LogP contribution in [0.2, 0.25) is 0 Å². The molecule has 2 aliphatic rings. The highest BCUT2D eigenvalue weighted by Gasteiger charge is 2.43. The third-order valence-corrected chi connectivity index (χ3v) is 5.32. The number of hydrogen-bond donors (Lipinski definition) is 1. The summed E-state index contributed by atoms with van der Waals surface area (Å²) in [6.07, 6.45) is 4.84. The molecule has 3 heterocycles. The van der Waals surface area contributed by atoms with Crippen LogP contribution in [0.3, 0.4) is 0 Å². The molecular weight excluding hydrogens is 402 g/mol. The zero-order valence-electron chi connectivity index (χ0n) is 17.9. The molecule has 2 fully saturated rings. The van der Waals surface area contributed by atoms with Crippen molar-refractivity contribution >= 4 is 17.6 Å². The standard InChI is InChI=1S/C22H25N3O6/c1-13-6-5-9-25(13)19(18-20(26)30-22(2,3)31-21(18)27)24-14-7-8-15(16(10-14)28-4)17-11-23-12-29-17/h7-8,10-13,24H,5-6,9H2,1-4H3/t13-/m0/s1. The Morgan fingerprint density at radius 3 is 2.58 bits per heavy atom. The van der Waals surface area contributed by atoms with Crippen molar-refractivity contribution in [3.8, 4) is 17.1 Å². The Labute approximate surface area is 180 Å². The maximum Gasteiger partial charge on any atom is 0.352 e. The summed E-state index contributed by atoms with van der Waals surface area (Å²) in [5.74, 6) is -1.25. The number of rotatable bonds is 5. The smallest absolute Gasteiger partial charge is 0.352 e. The highest BCUT2D eigenvalue weighted by molar-refractivity contribution is 6.16. The number of likely N-dealkylation sites (tertiary alicyclic amines) is 1. The van der Waals surface area contributed by atoms with Crippen molar-refractivity contribution in [2.24, 2.45) is 0 Å². The second-order valence-electron chi connectivity index (χ2n) is 7.99. The van der Waals surface area contributed by atoms with Gasteiger partial charge in [0, 0.05) is 38.2 Å². The normalized spacial score (nSPS) is 20.3. The number of nitrogens with zero attached hydrogens (tertiary/aromatic N) is 2. The Balaban J connectivity index is 1.74. The Kier molecular flexibility index (Phi) is 5.34. The van der Waals surface area contributed by atoms with Gasteiger partial charge in [0.05, 0.1) is 18.9 Å². The largest absolute Gasteiger partial charge is 0.496 e. The SMILES string of the molecule is COc1cc(NC(=C2C(=O)OC(C)(C)OC2=O)N2CCC[C@@H]2C)ccc1-c1cnco1. The summed E-state index contributed by atoms with van der Waals surface area (Å²) < 4.78 is 21.5. The van der Waals surface area contributed by atoms with E-state index in [2.05, 4.69) is 10.3 Å². The molecule has 4 rings (SSSR count). The van der Waals surface area contributed by atoms with Gasteiger partial charge in [0.2, 0.25) is 0 Å². The van der Waals surface area contributed by atoms with Crippen molar-refractivity contribution in [2.45, 2.75) is 45.4 Å². The lowest BCUT2D eigenvalue weighted by molar-refractivity contribution is -0.222. The van der Waals surface area contributed by atoms with E-state index in [1.807, 2.05) is 24.0 Å². The van der Waals surface area contributed by atoms with E-state index in [0.717, 1.165) is 18.4 Å². The first-order valence-electron chi connectivity index (χ1n) is 10.1. The zero-order chi connectivity index (χ0) is 22.2. The molecule has 1 aromatic heterocycles. The number of esters is 2. The fraction of sp³-hybridized carbons (Fsp3) is 0.409. The topological polar surface area (TPSA) is 103 Å². The summed E-state index contributed by atoms with van der Waals surface area (Å²) >= 11 is 0. The second-order valence-corrected chi connectivity index (χ2v) is 7.99. The molecule has 1 atom stereocenters. The molecular formula is C22H25N3O6. The van der Waals surface area contributed by atoms with Crippen LogP contribution >= 0.6 is 0 Å². The third kappa shape index (κ3) is 4.08. The summed E-state index contributed by atoms with van der Waals surface area (Å²) in [5, 5.41) is 3.23. The van der Waals surface area contributed by atoms with E-state index < -0.39 is 17.7 Å². The highest BCUT2D eigenvalue weighted by atomic mass is 16.7. The van der Waals surface area contributed by atoms with E-state index >= 15 is 0 Å². The number of methoxy groups -OCH3 is 1. The predicted octanol–water partition coefficient (Wildman–Crippen LogP) is 3.29. The van der Waals surface area contributed by atoms with Crippen LogP contribution in [-0.2, 0) is 19.1 Å². The molecule has 2 aliphatic heterocycles. The predicted molar refractivity (Wildman–Crippen MR) is 111 cm³/mol. The monoisotopic (exact) mass is 427 g/mol. The molecule has 0 bridgehead atoms. The van der Waals surface area contributed by atoms with Crippen LogP contribution in [0.25, 0.3) is 11.3 Å². The summed E-state index contributed by atoms with van der Waals surface area (Å²) in [6.45, 7) is 5.80. The average molecular weight is 427 g/mol. The molecule has 0 radical (unpaired) electrons. The van der Waals surface area contributed by atoms with E-state index in [4.69, 9.17) is 18.6 Å². The molecule has 164 valence electrons. The molecule has 0 saturated carbocycles. The summed E-state index contributed by atoms with van der Waals surface area (Å²) in [6, 6.07) is 5.53. The van der Waals surface area contributed by atoms with Gasteiger partial charge in [-0.05, 0) is 31.9 Å². The third-order valence-electron chi connectivity index (χ3n) is 5.32. The summed E-state index contributed by atoms with van der Waals surface area (Å²) in [4.78, 5) is 31.4. The van der Waals surface area contributed by atoms with Crippen LogP contribution in [0.15, 0.2) is 46.6 Å². The van der Waals surface area contributed by atoms with E-state index in [1.165, 1.54) is 20.2 Å². The number of hydrogen-bond acceptors (Lipinski definition) is 9. The number of aromatic nitrogens is 1. The van der Waals surface area contributed by atoms with Gasteiger partial charge < -0.3 is 28.8 Å². The fourth-order valence-corrected chi connectivity index (χ4v) is 3.85. The molecule has 0 aliphatic carbocycles. The van der Waals surface area contributed by atoms with Crippen molar-refractivity contribution in [3.05, 3.63) is 42.2 Å². The van der Waals surface area contributed by atoms with Crippen molar-refractivity contribution < 1.29 is 28.2 Å². The Morgan fingerprint density at radius 2 is 2.00 bits per heavy atom. The van der Waals surface area contributed by atoms with Gasteiger partial charge in [-0.3, -0.25) is 0 Å². The van der Waals surface area contributed by atoms with E-state index in [-0.39, 0.29) is 11.6 Å². The second kappa shape index (κ2) is 7.98. The molecule has 31 heavy (non-hydrogen) atoms. The van der Waals surface area contributed by atoms with Crippen LogP contribution in [0, 0.1) is 0 Å². The zero-order valence-corrected chi connectivity index (χ0v) is 17.9. The molecule has 9 heteroatoms. The Bertz CT molecular complexity index is 1010. The van der Waals surface area contributed by atoms with Gasteiger partial charge in [0.25, 0.3) is 5.79 Å². The molecule has 2 aromatic rings. The lowest BCUT2D eigenvalue weighted by Gasteiger charge is -2.34. The number of nitrogens with one attached hydrogen (secondary N) is 1. The lowest BCUT2D eigenvalue weighted by atomic mass is 10.1. The number of cyclic esters (lactones) is 2. The van der Waals surface area contributed by atoms with Crippen molar-refractivity contribution in [2.75, 3.05) is 19.0 Å². The number of anilines is 1.